The molecule has 1 nitrogen and oxygen atoms in total. The lowest BCUT2D eigenvalue weighted by atomic mass is 10.2. The maximum Gasteiger partial charge on any atom is 0.0464 e. The third kappa shape index (κ3) is 2.15. The summed E-state index contributed by atoms with van der Waals surface area (Å²) in [7, 11) is 0. The van der Waals surface area contributed by atoms with Crippen LogP contribution >= 0.6 is 11.3 Å². The Hall–Kier alpha value is -2.06. The van der Waals surface area contributed by atoms with Crippen LogP contribution in [0.5, 0.6) is 0 Å². The van der Waals surface area contributed by atoms with E-state index in [1.54, 1.807) is 11.3 Å². The minimum absolute atomic E-state index is 1.21. The van der Waals surface area contributed by atoms with E-state index >= 15 is 0 Å². The molecule has 0 fully saturated rings. The van der Waals surface area contributed by atoms with Crippen LogP contribution in [-0.2, 0) is 0 Å². The number of nitrogens with one attached hydrogen (secondary N) is 1. The van der Waals surface area contributed by atoms with Crippen molar-refractivity contribution in [1.29, 1.82) is 0 Å². The third-order valence-electron chi connectivity index (χ3n) is 2.84. The van der Waals surface area contributed by atoms with Crippen LogP contribution in [0.15, 0.2) is 71.4 Å². The van der Waals surface area contributed by atoms with Crippen molar-refractivity contribution < 1.29 is 0 Å². The number of fused-ring (bicyclic) bond motifs is 3. The number of thiophene rings is 1. The number of rotatable bonds is 0. The first kappa shape index (κ1) is 11.1. The standard InChI is InChI=1S/C12H9N.C4H4S/c1-3-7-11-9(5-1)10-6-2-4-8-12(10)13-11;1-2-4-5-3-1/h1-8,13H;1-4H. The number of benzene rings is 2. The summed E-state index contributed by atoms with van der Waals surface area (Å²) in [6.07, 6.45) is 0. The molecule has 0 aliphatic rings. The van der Waals surface area contributed by atoms with Crippen molar-refractivity contribution in [2.45, 2.75) is 0 Å². The summed E-state index contributed by atoms with van der Waals surface area (Å²) >= 11 is 1.71. The molecule has 0 atom stereocenters. The second-order valence-corrected chi connectivity index (χ2v) is 4.83. The fourth-order valence-corrected chi connectivity index (χ4v) is 2.48. The fourth-order valence-electron chi connectivity index (χ4n) is 2.03. The molecule has 2 heterocycles. The van der Waals surface area contributed by atoms with Crippen molar-refractivity contribution in [3.05, 3.63) is 71.4 Å². The SMILES string of the molecule is c1ccc2c(c1)[nH]c1ccccc12.c1ccsc1. The second kappa shape index (κ2) is 5.07. The monoisotopic (exact) mass is 251 g/mol. The number of para-hydroxylation sites is 2. The van der Waals surface area contributed by atoms with Crippen LogP contribution in [0.2, 0.25) is 0 Å². The first-order valence-electron chi connectivity index (χ1n) is 5.88. The zero-order valence-corrected chi connectivity index (χ0v) is 10.7. The maximum absolute atomic E-state index is 3.38. The first-order chi connectivity index (χ1) is 8.95. The average molecular weight is 251 g/mol. The van der Waals surface area contributed by atoms with Crippen LogP contribution in [0, 0.1) is 0 Å². The van der Waals surface area contributed by atoms with Crippen LogP contribution in [0.1, 0.15) is 0 Å². The van der Waals surface area contributed by atoms with Gasteiger partial charge in [-0.1, -0.05) is 48.5 Å². The number of hydrogen-bond acceptors (Lipinski definition) is 1. The lowest BCUT2D eigenvalue weighted by Crippen LogP contribution is -1.62. The molecular weight excluding hydrogens is 238 g/mol. The summed E-state index contributed by atoms with van der Waals surface area (Å²) in [5.74, 6) is 0. The summed E-state index contributed by atoms with van der Waals surface area (Å²) in [5.41, 5.74) is 2.42. The largest absolute Gasteiger partial charge is 0.355 e. The van der Waals surface area contributed by atoms with E-state index in [1.807, 2.05) is 22.9 Å². The van der Waals surface area contributed by atoms with Gasteiger partial charge in [0, 0.05) is 21.8 Å². The quantitative estimate of drug-likeness (QED) is 0.449. The highest BCUT2D eigenvalue weighted by atomic mass is 32.1. The van der Waals surface area contributed by atoms with Gasteiger partial charge in [-0.15, -0.1) is 0 Å². The molecule has 0 spiro atoms. The first-order valence-corrected chi connectivity index (χ1v) is 6.82. The maximum atomic E-state index is 3.38. The van der Waals surface area contributed by atoms with E-state index in [-0.39, 0.29) is 0 Å². The van der Waals surface area contributed by atoms with Gasteiger partial charge >= 0.3 is 0 Å². The van der Waals surface area contributed by atoms with Crippen molar-refractivity contribution in [3.63, 3.8) is 0 Å². The second-order valence-electron chi connectivity index (χ2n) is 4.01. The van der Waals surface area contributed by atoms with Gasteiger partial charge in [-0.3, -0.25) is 0 Å². The summed E-state index contributed by atoms with van der Waals surface area (Å²) in [6, 6.07) is 20.8. The van der Waals surface area contributed by atoms with Gasteiger partial charge in [0.1, 0.15) is 0 Å². The molecule has 2 aromatic carbocycles. The molecule has 2 heteroatoms. The number of aromatic nitrogens is 1. The summed E-state index contributed by atoms with van der Waals surface area (Å²) < 4.78 is 0. The fraction of sp³-hybridized carbons (Fsp3) is 0. The van der Waals surface area contributed by atoms with Crippen LogP contribution in [0.3, 0.4) is 0 Å². The molecule has 1 N–H and O–H groups in total. The minimum atomic E-state index is 1.21. The Balaban J connectivity index is 0.000000169. The van der Waals surface area contributed by atoms with Crippen molar-refractivity contribution in [2.75, 3.05) is 0 Å². The average Bonchev–Trinajstić information content (AvgIpc) is 3.10. The molecule has 18 heavy (non-hydrogen) atoms. The molecule has 4 rings (SSSR count). The Kier molecular flexibility index (Phi) is 3.11. The number of aromatic amines is 1. The van der Waals surface area contributed by atoms with Crippen LogP contribution in [0.4, 0.5) is 0 Å². The molecule has 0 saturated carbocycles. The molecular formula is C16H13NS. The van der Waals surface area contributed by atoms with Gasteiger partial charge in [-0.25, -0.2) is 0 Å². The zero-order chi connectivity index (χ0) is 12.2. The normalized spacial score (nSPS) is 10.2. The predicted molar refractivity (Wildman–Crippen MR) is 80.1 cm³/mol. The molecule has 0 radical (unpaired) electrons. The predicted octanol–water partition coefficient (Wildman–Crippen LogP) is 5.07. The van der Waals surface area contributed by atoms with E-state index < -0.39 is 0 Å². The van der Waals surface area contributed by atoms with E-state index in [9.17, 15) is 0 Å². The minimum Gasteiger partial charge on any atom is -0.355 e. The van der Waals surface area contributed by atoms with Gasteiger partial charge in [0.25, 0.3) is 0 Å². The van der Waals surface area contributed by atoms with Gasteiger partial charge in [-0.2, -0.15) is 11.3 Å². The molecule has 0 saturated heterocycles. The third-order valence-corrected chi connectivity index (χ3v) is 3.47. The Bertz CT molecular complexity index is 670. The van der Waals surface area contributed by atoms with Gasteiger partial charge in [0.15, 0.2) is 0 Å². The number of hydrogen-bond donors (Lipinski definition) is 1. The lowest BCUT2D eigenvalue weighted by Gasteiger charge is -1.87. The van der Waals surface area contributed by atoms with Crippen LogP contribution in [0.25, 0.3) is 21.8 Å². The van der Waals surface area contributed by atoms with Crippen molar-refractivity contribution in [1.82, 2.24) is 4.98 Å². The highest BCUT2D eigenvalue weighted by Crippen LogP contribution is 2.24. The summed E-state index contributed by atoms with van der Waals surface area (Å²) in [6.45, 7) is 0. The van der Waals surface area contributed by atoms with Gasteiger partial charge in [-0.05, 0) is 22.9 Å². The Labute approximate surface area is 110 Å². The number of H-pyrrole nitrogens is 1. The van der Waals surface area contributed by atoms with E-state index in [1.165, 1.54) is 21.8 Å². The van der Waals surface area contributed by atoms with Gasteiger partial charge in [0.05, 0.1) is 0 Å². The molecule has 0 aliphatic heterocycles. The summed E-state index contributed by atoms with van der Waals surface area (Å²) in [5, 5.41) is 6.69. The van der Waals surface area contributed by atoms with E-state index in [4.69, 9.17) is 0 Å². The Morgan fingerprint density at radius 2 is 1.11 bits per heavy atom. The summed E-state index contributed by atoms with van der Waals surface area (Å²) in [4.78, 5) is 3.38. The molecule has 88 valence electrons. The smallest absolute Gasteiger partial charge is 0.0464 e. The van der Waals surface area contributed by atoms with Crippen molar-refractivity contribution in [2.24, 2.45) is 0 Å². The lowest BCUT2D eigenvalue weighted by molar-refractivity contribution is 1.55. The van der Waals surface area contributed by atoms with Crippen LogP contribution in [-0.4, -0.2) is 4.98 Å². The molecule has 0 bridgehead atoms. The van der Waals surface area contributed by atoms with E-state index in [0.717, 1.165) is 0 Å². The highest BCUT2D eigenvalue weighted by Gasteiger charge is 2.00. The van der Waals surface area contributed by atoms with Crippen molar-refractivity contribution in [3.8, 4) is 0 Å². The molecule has 0 aliphatic carbocycles. The topological polar surface area (TPSA) is 15.8 Å². The Morgan fingerprint density at radius 3 is 1.56 bits per heavy atom. The van der Waals surface area contributed by atoms with Crippen LogP contribution < -0.4 is 0 Å². The molecule has 0 unspecified atom stereocenters. The van der Waals surface area contributed by atoms with Gasteiger partial charge in [0.2, 0.25) is 0 Å². The molecule has 2 aromatic heterocycles. The van der Waals surface area contributed by atoms with E-state index in [2.05, 4.69) is 53.5 Å². The molecule has 4 aromatic rings. The zero-order valence-electron chi connectivity index (χ0n) is 9.84. The van der Waals surface area contributed by atoms with Gasteiger partial charge < -0.3 is 4.98 Å². The Morgan fingerprint density at radius 1 is 0.611 bits per heavy atom. The van der Waals surface area contributed by atoms with E-state index in [0.29, 0.717) is 0 Å². The molecule has 0 amide bonds. The highest BCUT2D eigenvalue weighted by molar-refractivity contribution is 7.07. The van der Waals surface area contributed by atoms with Crippen molar-refractivity contribution >= 4 is 33.1 Å².